The molecular weight excluding hydrogens is 403 g/mol. The van der Waals surface area contributed by atoms with E-state index in [0.29, 0.717) is 18.0 Å². The highest BCUT2D eigenvalue weighted by molar-refractivity contribution is 6.02. The number of anilines is 1. The third kappa shape index (κ3) is 4.62. The number of furan rings is 1. The van der Waals surface area contributed by atoms with E-state index in [1.165, 1.54) is 17.0 Å². The lowest BCUT2D eigenvalue weighted by atomic mass is 10.2. The van der Waals surface area contributed by atoms with Crippen LogP contribution in [-0.4, -0.2) is 41.0 Å². The van der Waals surface area contributed by atoms with Gasteiger partial charge in [-0.15, -0.1) is 5.10 Å². The molecule has 158 valence electrons. The van der Waals surface area contributed by atoms with Gasteiger partial charge in [-0.2, -0.15) is 4.98 Å². The zero-order chi connectivity index (χ0) is 21.6. The molecular formula is C22H19FN4O4. The highest BCUT2D eigenvalue weighted by Gasteiger charge is 2.18. The lowest BCUT2D eigenvalue weighted by Gasteiger charge is -2.08. The molecule has 0 aliphatic carbocycles. The third-order valence-corrected chi connectivity index (χ3v) is 4.34. The minimum Gasteiger partial charge on any atom is -0.460 e. The number of nitrogens with zero attached hydrogens (tertiary/aromatic N) is 3. The van der Waals surface area contributed by atoms with Crippen LogP contribution in [0.3, 0.4) is 0 Å². The van der Waals surface area contributed by atoms with Gasteiger partial charge in [-0.25, -0.2) is 9.07 Å². The van der Waals surface area contributed by atoms with Crippen LogP contribution in [0.1, 0.15) is 10.6 Å². The Bertz CT molecular complexity index is 1160. The van der Waals surface area contributed by atoms with Crippen LogP contribution in [0.15, 0.2) is 71.3 Å². The van der Waals surface area contributed by atoms with E-state index in [1.54, 1.807) is 61.7 Å². The molecule has 0 unspecified atom stereocenters. The fraction of sp³-hybridized carbons (Fsp3) is 0.136. The summed E-state index contributed by atoms with van der Waals surface area (Å²) in [6, 6.07) is 16.5. The van der Waals surface area contributed by atoms with Crippen molar-refractivity contribution < 1.29 is 23.1 Å². The van der Waals surface area contributed by atoms with Gasteiger partial charge in [0.05, 0.1) is 24.1 Å². The number of benzene rings is 2. The summed E-state index contributed by atoms with van der Waals surface area (Å²) in [6.45, 7) is 0.628. The molecule has 0 bridgehead atoms. The van der Waals surface area contributed by atoms with E-state index in [9.17, 15) is 9.18 Å². The lowest BCUT2D eigenvalue weighted by Crippen LogP contribution is -2.11. The van der Waals surface area contributed by atoms with Gasteiger partial charge in [0, 0.05) is 12.8 Å². The average Bonchev–Trinajstić information content (AvgIpc) is 3.45. The van der Waals surface area contributed by atoms with Crippen molar-refractivity contribution in [3.05, 3.63) is 78.5 Å². The van der Waals surface area contributed by atoms with E-state index < -0.39 is 5.82 Å². The molecule has 0 aliphatic rings. The standard InChI is InChI=1S/C22H19FN4O4/c1-29-13-14-31-22-25-20(17-5-2-3-6-18(17)23)27(26-22)16-10-8-15(9-11-16)24-21(28)19-7-4-12-30-19/h2-12H,13-14H2,1H3,(H,24,28). The van der Waals surface area contributed by atoms with E-state index in [0.717, 1.165) is 0 Å². The summed E-state index contributed by atoms with van der Waals surface area (Å²) < 4.78 is 31.5. The number of ether oxygens (including phenoxy) is 2. The Kier molecular flexibility index (Phi) is 6.04. The molecule has 2 aromatic carbocycles. The maximum atomic E-state index is 14.4. The number of aromatic nitrogens is 3. The average molecular weight is 422 g/mol. The number of rotatable bonds is 8. The van der Waals surface area contributed by atoms with Gasteiger partial charge in [-0.3, -0.25) is 4.79 Å². The smallest absolute Gasteiger partial charge is 0.336 e. The molecule has 0 atom stereocenters. The largest absolute Gasteiger partial charge is 0.460 e. The van der Waals surface area contributed by atoms with E-state index >= 15 is 0 Å². The van der Waals surface area contributed by atoms with Gasteiger partial charge < -0.3 is 19.2 Å². The Hall–Kier alpha value is -3.98. The summed E-state index contributed by atoms with van der Waals surface area (Å²) >= 11 is 0. The Morgan fingerprint density at radius 3 is 2.61 bits per heavy atom. The number of carbonyl (C=O) groups excluding carboxylic acids is 1. The first kappa shape index (κ1) is 20.3. The zero-order valence-electron chi connectivity index (χ0n) is 16.6. The van der Waals surface area contributed by atoms with Crippen molar-refractivity contribution in [3.63, 3.8) is 0 Å². The van der Waals surface area contributed by atoms with Gasteiger partial charge >= 0.3 is 6.01 Å². The van der Waals surface area contributed by atoms with Crippen LogP contribution >= 0.6 is 0 Å². The number of hydrogen-bond acceptors (Lipinski definition) is 6. The molecule has 4 aromatic rings. The molecule has 1 N–H and O–H groups in total. The molecule has 2 heterocycles. The summed E-state index contributed by atoms with van der Waals surface area (Å²) in [5.41, 5.74) is 1.46. The predicted molar refractivity (Wildman–Crippen MR) is 111 cm³/mol. The highest BCUT2D eigenvalue weighted by Crippen LogP contribution is 2.26. The lowest BCUT2D eigenvalue weighted by molar-refractivity contribution is 0.0996. The van der Waals surface area contributed by atoms with Gasteiger partial charge in [0.2, 0.25) is 0 Å². The van der Waals surface area contributed by atoms with Crippen LogP contribution in [0.4, 0.5) is 10.1 Å². The predicted octanol–water partition coefficient (Wildman–Crippen LogP) is 3.94. The zero-order valence-corrected chi connectivity index (χ0v) is 16.6. The van der Waals surface area contributed by atoms with E-state index in [-0.39, 0.29) is 35.7 Å². The summed E-state index contributed by atoms with van der Waals surface area (Å²) in [4.78, 5) is 16.5. The molecule has 0 radical (unpaired) electrons. The molecule has 1 amide bonds. The third-order valence-electron chi connectivity index (χ3n) is 4.34. The summed E-state index contributed by atoms with van der Waals surface area (Å²) in [6.07, 6.45) is 1.43. The van der Waals surface area contributed by atoms with Gasteiger partial charge in [0.1, 0.15) is 12.4 Å². The number of halogens is 1. The molecule has 31 heavy (non-hydrogen) atoms. The molecule has 0 saturated heterocycles. The minimum atomic E-state index is -0.429. The Labute approximate surface area is 177 Å². The maximum absolute atomic E-state index is 14.4. The quantitative estimate of drug-likeness (QED) is 0.433. The summed E-state index contributed by atoms with van der Waals surface area (Å²) in [7, 11) is 1.56. The first-order valence-electron chi connectivity index (χ1n) is 9.44. The second kappa shape index (κ2) is 9.23. The van der Waals surface area contributed by atoms with Crippen molar-refractivity contribution in [2.75, 3.05) is 25.6 Å². The van der Waals surface area contributed by atoms with Crippen LogP contribution in [-0.2, 0) is 4.74 Å². The molecule has 2 aromatic heterocycles. The molecule has 8 nitrogen and oxygen atoms in total. The maximum Gasteiger partial charge on any atom is 0.336 e. The van der Waals surface area contributed by atoms with Crippen LogP contribution in [0.5, 0.6) is 6.01 Å². The first-order valence-corrected chi connectivity index (χ1v) is 9.44. The van der Waals surface area contributed by atoms with Crippen LogP contribution < -0.4 is 10.1 Å². The van der Waals surface area contributed by atoms with Crippen LogP contribution in [0.25, 0.3) is 17.1 Å². The molecule has 4 rings (SSSR count). The van der Waals surface area contributed by atoms with E-state index in [2.05, 4.69) is 15.4 Å². The number of methoxy groups -OCH3 is 1. The van der Waals surface area contributed by atoms with Gasteiger partial charge in [0.25, 0.3) is 5.91 Å². The second-order valence-corrected chi connectivity index (χ2v) is 6.43. The number of amides is 1. The highest BCUT2D eigenvalue weighted by atomic mass is 19.1. The SMILES string of the molecule is COCCOc1nc(-c2ccccc2F)n(-c2ccc(NC(=O)c3ccco3)cc2)n1. The topological polar surface area (TPSA) is 91.4 Å². The van der Waals surface area contributed by atoms with Crippen LogP contribution in [0.2, 0.25) is 0 Å². The van der Waals surface area contributed by atoms with Crippen molar-refractivity contribution in [2.24, 2.45) is 0 Å². The second-order valence-electron chi connectivity index (χ2n) is 6.43. The summed E-state index contributed by atoms with van der Waals surface area (Å²) in [5, 5.41) is 7.10. The Morgan fingerprint density at radius 1 is 1.10 bits per heavy atom. The fourth-order valence-electron chi connectivity index (χ4n) is 2.85. The molecule has 0 aliphatic heterocycles. The monoisotopic (exact) mass is 422 g/mol. The van der Waals surface area contributed by atoms with Crippen molar-refractivity contribution >= 4 is 11.6 Å². The summed E-state index contributed by atoms with van der Waals surface area (Å²) in [5.74, 6) is -0.292. The molecule has 0 fully saturated rings. The van der Waals surface area contributed by atoms with Crippen molar-refractivity contribution in [3.8, 4) is 23.1 Å². The number of nitrogens with one attached hydrogen (secondary N) is 1. The van der Waals surface area contributed by atoms with Crippen molar-refractivity contribution in [1.82, 2.24) is 14.8 Å². The van der Waals surface area contributed by atoms with Gasteiger partial charge in [0.15, 0.2) is 11.6 Å². The molecule has 0 spiro atoms. The molecule has 9 heteroatoms. The van der Waals surface area contributed by atoms with Gasteiger partial charge in [-0.1, -0.05) is 12.1 Å². The van der Waals surface area contributed by atoms with E-state index in [4.69, 9.17) is 13.9 Å². The van der Waals surface area contributed by atoms with Gasteiger partial charge in [-0.05, 0) is 48.5 Å². The molecule has 0 saturated carbocycles. The number of hydrogen-bond donors (Lipinski definition) is 1. The normalized spacial score (nSPS) is 10.8. The van der Waals surface area contributed by atoms with Crippen molar-refractivity contribution in [1.29, 1.82) is 0 Å². The fourth-order valence-corrected chi connectivity index (χ4v) is 2.85. The first-order chi connectivity index (χ1) is 15.2. The Morgan fingerprint density at radius 2 is 1.90 bits per heavy atom. The van der Waals surface area contributed by atoms with Crippen LogP contribution in [0, 0.1) is 5.82 Å². The Balaban J connectivity index is 1.62. The van der Waals surface area contributed by atoms with Crippen molar-refractivity contribution in [2.45, 2.75) is 0 Å². The number of carbonyl (C=O) groups is 1. The minimum absolute atomic E-state index is 0.102. The van der Waals surface area contributed by atoms with E-state index in [1.807, 2.05) is 0 Å².